The van der Waals surface area contributed by atoms with E-state index in [4.69, 9.17) is 0 Å². The molecule has 6 heteroatoms. The lowest BCUT2D eigenvalue weighted by atomic mass is 9.58. The molecule has 3 aliphatic rings. The number of benzene rings is 6. The van der Waals surface area contributed by atoms with E-state index in [1.54, 1.807) is 0 Å². The standard InChI is InChI=1S/C44H35N3O3/c1-25-13-19-28(20-14-25)45-42(48)34-10-6-9-33-38(34)37-31-7-4-11-35(43(49)46-29-21-15-26(2)16-22-29)39(31)41(33)40-32(37)8-5-12-36(40)44(50)47-30-23-17-27(3)18-24-30/h4-24,37,41H,1-3H3,(H,45,48)(H,46,49)(H,47,50). The van der Waals surface area contributed by atoms with E-state index in [0.29, 0.717) is 33.8 Å². The lowest BCUT2D eigenvalue weighted by molar-refractivity contribution is 0.101. The molecule has 0 fully saturated rings. The summed E-state index contributed by atoms with van der Waals surface area (Å²) >= 11 is 0. The summed E-state index contributed by atoms with van der Waals surface area (Å²) in [6.07, 6.45) is 0. The van der Waals surface area contributed by atoms with Gasteiger partial charge in [-0.1, -0.05) is 89.5 Å². The van der Waals surface area contributed by atoms with Crippen LogP contribution in [0.3, 0.4) is 0 Å². The molecule has 6 nitrogen and oxygen atoms in total. The molecule has 0 saturated carbocycles. The number of anilines is 3. The van der Waals surface area contributed by atoms with E-state index in [1.807, 2.05) is 136 Å². The van der Waals surface area contributed by atoms with Crippen LogP contribution in [-0.2, 0) is 0 Å². The first-order chi connectivity index (χ1) is 24.3. The predicted octanol–water partition coefficient (Wildman–Crippen LogP) is 9.36. The third-order valence-corrected chi connectivity index (χ3v) is 9.88. The Labute approximate surface area is 291 Å². The molecule has 0 heterocycles. The smallest absolute Gasteiger partial charge is 0.255 e. The van der Waals surface area contributed by atoms with Crippen molar-refractivity contribution in [3.05, 3.63) is 194 Å². The van der Waals surface area contributed by atoms with Crippen molar-refractivity contribution in [3.8, 4) is 0 Å². The first kappa shape index (κ1) is 31.0. The number of carbonyl (C=O) groups excluding carboxylic acids is 3. The van der Waals surface area contributed by atoms with Crippen molar-refractivity contribution in [2.24, 2.45) is 0 Å². The summed E-state index contributed by atoms with van der Waals surface area (Å²) in [5.41, 5.74) is 12.5. The van der Waals surface area contributed by atoms with Gasteiger partial charge in [0.25, 0.3) is 17.7 Å². The van der Waals surface area contributed by atoms with E-state index in [0.717, 1.165) is 50.1 Å². The second kappa shape index (κ2) is 12.3. The number of rotatable bonds is 6. The normalized spacial score (nSPS) is 14.9. The number of hydrogen-bond acceptors (Lipinski definition) is 3. The van der Waals surface area contributed by atoms with Crippen LogP contribution in [0.25, 0.3) is 0 Å². The number of nitrogens with one attached hydrogen (secondary N) is 3. The van der Waals surface area contributed by atoms with E-state index in [9.17, 15) is 14.4 Å². The predicted molar refractivity (Wildman–Crippen MR) is 199 cm³/mol. The van der Waals surface area contributed by atoms with E-state index >= 15 is 0 Å². The van der Waals surface area contributed by atoms with Gasteiger partial charge in [-0.25, -0.2) is 0 Å². The summed E-state index contributed by atoms with van der Waals surface area (Å²) in [6, 6.07) is 40.6. The van der Waals surface area contributed by atoms with Crippen molar-refractivity contribution >= 4 is 34.8 Å². The van der Waals surface area contributed by atoms with Crippen molar-refractivity contribution in [2.45, 2.75) is 32.6 Å². The van der Waals surface area contributed by atoms with Crippen LogP contribution < -0.4 is 16.0 Å². The second-order valence-electron chi connectivity index (χ2n) is 13.3. The molecular weight excluding hydrogens is 619 g/mol. The third kappa shape index (κ3) is 5.35. The van der Waals surface area contributed by atoms with Crippen molar-refractivity contribution < 1.29 is 14.4 Å². The van der Waals surface area contributed by atoms with Crippen LogP contribution in [0.2, 0.25) is 0 Å². The van der Waals surface area contributed by atoms with Crippen LogP contribution in [0.4, 0.5) is 17.1 Å². The van der Waals surface area contributed by atoms with Gasteiger partial charge in [-0.05, 0) is 109 Å². The molecule has 9 rings (SSSR count). The molecule has 0 saturated heterocycles. The van der Waals surface area contributed by atoms with Gasteiger partial charge in [0.05, 0.1) is 0 Å². The van der Waals surface area contributed by atoms with Crippen LogP contribution in [0.15, 0.2) is 127 Å². The van der Waals surface area contributed by atoms with Crippen LogP contribution in [0.1, 0.15) is 93.0 Å². The Kier molecular flexibility index (Phi) is 7.64. The fourth-order valence-corrected chi connectivity index (χ4v) is 7.50. The summed E-state index contributed by atoms with van der Waals surface area (Å²) < 4.78 is 0. The van der Waals surface area contributed by atoms with Crippen LogP contribution in [0.5, 0.6) is 0 Å². The highest BCUT2D eigenvalue weighted by Crippen LogP contribution is 2.58. The van der Waals surface area contributed by atoms with E-state index < -0.39 is 5.92 Å². The monoisotopic (exact) mass is 653 g/mol. The second-order valence-corrected chi connectivity index (χ2v) is 13.3. The molecule has 2 bridgehead atoms. The fourth-order valence-electron chi connectivity index (χ4n) is 7.50. The molecule has 0 radical (unpaired) electrons. The Morgan fingerprint density at radius 1 is 0.380 bits per heavy atom. The molecule has 3 aliphatic carbocycles. The van der Waals surface area contributed by atoms with E-state index in [-0.39, 0.29) is 23.6 Å². The van der Waals surface area contributed by atoms with E-state index in [2.05, 4.69) is 28.1 Å². The molecule has 0 aromatic heterocycles. The minimum atomic E-state index is -0.466. The first-order valence-corrected chi connectivity index (χ1v) is 16.8. The Morgan fingerprint density at radius 2 is 0.660 bits per heavy atom. The van der Waals surface area contributed by atoms with Crippen LogP contribution in [0, 0.1) is 20.8 Å². The minimum Gasteiger partial charge on any atom is -0.322 e. The summed E-state index contributed by atoms with van der Waals surface area (Å²) in [5, 5.41) is 9.29. The Morgan fingerprint density at radius 3 is 0.980 bits per heavy atom. The summed E-state index contributed by atoms with van der Waals surface area (Å²) in [4.78, 5) is 42.2. The average Bonchev–Trinajstić information content (AvgIpc) is 3.13. The molecule has 0 unspecified atom stereocenters. The lowest BCUT2D eigenvalue weighted by Crippen LogP contribution is -2.34. The Bertz CT molecular complexity index is 2210. The molecule has 6 aromatic carbocycles. The van der Waals surface area contributed by atoms with Gasteiger partial charge in [-0.15, -0.1) is 0 Å². The zero-order chi connectivity index (χ0) is 34.5. The molecule has 3 N–H and O–H groups in total. The molecule has 0 aliphatic heterocycles. The fraction of sp³-hybridized carbons (Fsp3) is 0.114. The quantitative estimate of drug-likeness (QED) is 0.167. The molecule has 0 spiro atoms. The summed E-state index contributed by atoms with van der Waals surface area (Å²) in [7, 11) is 0. The number of aryl methyl sites for hydroxylation is 3. The topological polar surface area (TPSA) is 87.3 Å². The van der Waals surface area contributed by atoms with Crippen LogP contribution in [-0.4, -0.2) is 17.7 Å². The third-order valence-electron chi connectivity index (χ3n) is 9.88. The molecule has 244 valence electrons. The van der Waals surface area contributed by atoms with Gasteiger partial charge in [0.2, 0.25) is 0 Å². The SMILES string of the molecule is Cc1ccc(NC(=O)c2cccc3c2C2c4cccc(C(=O)Nc5ccc(C)cc5)c4C3c3c(C(=O)Nc4ccc(C)cc4)cccc32)cc1. The first-order valence-electron chi connectivity index (χ1n) is 16.8. The van der Waals surface area contributed by atoms with Gasteiger partial charge in [-0.3, -0.25) is 14.4 Å². The molecular formula is C44H35N3O3. The molecule has 6 aromatic rings. The lowest BCUT2D eigenvalue weighted by Gasteiger charge is -2.44. The van der Waals surface area contributed by atoms with Crippen LogP contribution >= 0.6 is 0 Å². The Hall–Kier alpha value is -6.27. The zero-order valence-electron chi connectivity index (χ0n) is 28.0. The maximum absolute atomic E-state index is 14.1. The number of amides is 3. The molecule has 0 atom stereocenters. The highest BCUT2D eigenvalue weighted by molar-refractivity contribution is 6.10. The highest BCUT2D eigenvalue weighted by atomic mass is 16.2. The summed E-state index contributed by atoms with van der Waals surface area (Å²) in [5.74, 6) is -1.50. The van der Waals surface area contributed by atoms with E-state index in [1.165, 1.54) is 0 Å². The van der Waals surface area contributed by atoms with Crippen molar-refractivity contribution in [3.63, 3.8) is 0 Å². The average molecular weight is 654 g/mol. The van der Waals surface area contributed by atoms with Gasteiger partial charge < -0.3 is 16.0 Å². The number of carbonyl (C=O) groups is 3. The largest absolute Gasteiger partial charge is 0.322 e. The van der Waals surface area contributed by atoms with Gasteiger partial charge in [-0.2, -0.15) is 0 Å². The van der Waals surface area contributed by atoms with Crippen molar-refractivity contribution in [1.29, 1.82) is 0 Å². The maximum atomic E-state index is 14.1. The van der Waals surface area contributed by atoms with Gasteiger partial charge >= 0.3 is 0 Å². The number of hydrogen-bond donors (Lipinski definition) is 3. The Balaban J connectivity index is 1.28. The highest BCUT2D eigenvalue weighted by Gasteiger charge is 2.46. The van der Waals surface area contributed by atoms with Gasteiger partial charge in [0, 0.05) is 45.6 Å². The summed E-state index contributed by atoms with van der Waals surface area (Å²) in [6.45, 7) is 6.02. The van der Waals surface area contributed by atoms with Gasteiger partial charge in [0.15, 0.2) is 0 Å². The minimum absolute atomic E-state index is 0.206. The van der Waals surface area contributed by atoms with Crippen molar-refractivity contribution in [1.82, 2.24) is 0 Å². The van der Waals surface area contributed by atoms with Crippen molar-refractivity contribution in [2.75, 3.05) is 16.0 Å². The molecule has 50 heavy (non-hydrogen) atoms. The van der Waals surface area contributed by atoms with Gasteiger partial charge in [0.1, 0.15) is 0 Å². The maximum Gasteiger partial charge on any atom is 0.255 e. The molecule has 3 amide bonds. The zero-order valence-corrected chi connectivity index (χ0v) is 28.0.